The Morgan fingerprint density at radius 2 is 1.88 bits per heavy atom. The topological polar surface area (TPSA) is 59.8 Å². The van der Waals surface area contributed by atoms with Gasteiger partial charge in [-0.2, -0.15) is 0 Å². The van der Waals surface area contributed by atoms with E-state index in [1.54, 1.807) is 6.07 Å². The Morgan fingerprint density at radius 1 is 1.08 bits per heavy atom. The maximum atomic E-state index is 12.3. The van der Waals surface area contributed by atoms with E-state index in [2.05, 4.69) is 19.9 Å². The summed E-state index contributed by atoms with van der Waals surface area (Å²) < 4.78 is 2.08. The Labute approximate surface area is 155 Å². The van der Waals surface area contributed by atoms with Gasteiger partial charge in [-0.05, 0) is 49.4 Å². The Bertz CT molecular complexity index is 1110. The number of carbonyl (C=O) groups is 1. The highest BCUT2D eigenvalue weighted by molar-refractivity contribution is 6.31. The number of rotatable bonds is 3. The zero-order valence-corrected chi connectivity index (χ0v) is 14.7. The summed E-state index contributed by atoms with van der Waals surface area (Å²) in [5, 5.41) is 3.31. The molecule has 0 unspecified atom stereocenters. The number of nitrogens with zero attached hydrogens (tertiary/aromatic N) is 3. The van der Waals surface area contributed by atoms with Crippen molar-refractivity contribution in [3.63, 3.8) is 0 Å². The number of benzene rings is 2. The molecule has 1 amide bonds. The van der Waals surface area contributed by atoms with Crippen molar-refractivity contribution in [2.45, 2.75) is 6.92 Å². The van der Waals surface area contributed by atoms with E-state index < -0.39 is 0 Å². The van der Waals surface area contributed by atoms with Gasteiger partial charge < -0.3 is 5.32 Å². The lowest BCUT2D eigenvalue weighted by Crippen LogP contribution is -2.13. The SMILES string of the molecule is Cc1nc2cc(NC(=O)c3cc(Cl)ccn3)ccc2n1-c1ccccc1. The van der Waals surface area contributed by atoms with E-state index in [1.165, 1.54) is 12.3 Å². The van der Waals surface area contributed by atoms with Gasteiger partial charge in [0.15, 0.2) is 0 Å². The summed E-state index contributed by atoms with van der Waals surface area (Å²) in [6.07, 6.45) is 1.51. The van der Waals surface area contributed by atoms with Crippen LogP contribution in [0.5, 0.6) is 0 Å². The number of halogens is 1. The molecule has 2 aromatic heterocycles. The molecule has 4 aromatic rings. The molecule has 0 radical (unpaired) electrons. The van der Waals surface area contributed by atoms with Crippen LogP contribution >= 0.6 is 11.6 Å². The number of aryl methyl sites for hydroxylation is 1. The summed E-state index contributed by atoms with van der Waals surface area (Å²) in [6.45, 7) is 1.96. The molecule has 4 rings (SSSR count). The van der Waals surface area contributed by atoms with Gasteiger partial charge in [0.05, 0.1) is 11.0 Å². The van der Waals surface area contributed by atoms with Crippen LogP contribution < -0.4 is 5.32 Å². The fourth-order valence-electron chi connectivity index (χ4n) is 2.91. The molecule has 0 bridgehead atoms. The van der Waals surface area contributed by atoms with Crippen molar-refractivity contribution in [2.75, 3.05) is 5.32 Å². The molecule has 0 fully saturated rings. The number of para-hydroxylation sites is 1. The number of fused-ring (bicyclic) bond motifs is 1. The standard InChI is InChI=1S/C20H15ClN4O/c1-13-23-17-12-15(24-20(26)18-11-14(21)9-10-22-18)7-8-19(17)25(13)16-5-3-2-4-6-16/h2-12H,1H3,(H,24,26). The van der Waals surface area contributed by atoms with E-state index in [4.69, 9.17) is 11.6 Å². The second kappa shape index (κ2) is 6.61. The Kier molecular flexibility index (Phi) is 4.14. The average Bonchev–Trinajstić information content (AvgIpc) is 2.97. The minimum atomic E-state index is -0.314. The maximum absolute atomic E-state index is 12.3. The number of pyridine rings is 1. The number of hydrogen-bond acceptors (Lipinski definition) is 3. The summed E-state index contributed by atoms with van der Waals surface area (Å²) in [5.74, 6) is 0.567. The molecule has 128 valence electrons. The van der Waals surface area contributed by atoms with Crippen LogP contribution in [0.4, 0.5) is 5.69 Å². The summed E-state index contributed by atoms with van der Waals surface area (Å²) >= 11 is 5.92. The Balaban J connectivity index is 1.68. The van der Waals surface area contributed by atoms with Crippen LogP contribution in [-0.2, 0) is 0 Å². The first-order valence-corrected chi connectivity index (χ1v) is 8.47. The second-order valence-corrected chi connectivity index (χ2v) is 6.28. The molecule has 0 spiro atoms. The number of aromatic nitrogens is 3. The summed E-state index contributed by atoms with van der Waals surface area (Å²) in [5.41, 5.74) is 3.76. The van der Waals surface area contributed by atoms with Crippen molar-refractivity contribution >= 4 is 34.2 Å². The second-order valence-electron chi connectivity index (χ2n) is 5.85. The van der Waals surface area contributed by atoms with Gasteiger partial charge in [-0.25, -0.2) is 4.98 Å². The quantitative estimate of drug-likeness (QED) is 0.577. The van der Waals surface area contributed by atoms with Gasteiger partial charge in [0.25, 0.3) is 5.91 Å². The summed E-state index contributed by atoms with van der Waals surface area (Å²) in [7, 11) is 0. The van der Waals surface area contributed by atoms with Gasteiger partial charge in [-0.1, -0.05) is 29.8 Å². The molecule has 2 aromatic carbocycles. The van der Waals surface area contributed by atoms with E-state index in [-0.39, 0.29) is 11.6 Å². The zero-order valence-electron chi connectivity index (χ0n) is 14.0. The number of carbonyl (C=O) groups excluding carboxylic acids is 1. The third kappa shape index (κ3) is 3.05. The summed E-state index contributed by atoms with van der Waals surface area (Å²) in [6, 6.07) is 18.9. The van der Waals surface area contributed by atoms with Crippen LogP contribution in [-0.4, -0.2) is 20.4 Å². The molecule has 0 aliphatic heterocycles. The maximum Gasteiger partial charge on any atom is 0.274 e. The summed E-state index contributed by atoms with van der Waals surface area (Å²) in [4.78, 5) is 21.0. The first kappa shape index (κ1) is 16.3. The van der Waals surface area contributed by atoms with E-state index in [0.29, 0.717) is 10.7 Å². The molecular formula is C20H15ClN4O. The molecule has 1 N–H and O–H groups in total. The van der Waals surface area contributed by atoms with Crippen molar-refractivity contribution in [3.8, 4) is 5.69 Å². The predicted octanol–water partition coefficient (Wildman–Crippen LogP) is 4.63. The molecule has 5 nitrogen and oxygen atoms in total. The molecule has 0 saturated carbocycles. The van der Waals surface area contributed by atoms with Gasteiger partial charge in [-0.15, -0.1) is 0 Å². The molecule has 0 aliphatic rings. The fraction of sp³-hybridized carbons (Fsp3) is 0.0500. The van der Waals surface area contributed by atoms with Gasteiger partial charge in [-0.3, -0.25) is 14.3 Å². The van der Waals surface area contributed by atoms with Crippen molar-refractivity contribution in [3.05, 3.63) is 83.4 Å². The highest BCUT2D eigenvalue weighted by Gasteiger charge is 2.12. The molecule has 0 saturated heterocycles. The van der Waals surface area contributed by atoms with Crippen LogP contribution in [0.1, 0.15) is 16.3 Å². The number of hydrogen-bond donors (Lipinski definition) is 1. The Hall–Kier alpha value is -3.18. The lowest BCUT2D eigenvalue weighted by molar-refractivity contribution is 0.102. The van der Waals surface area contributed by atoms with Crippen molar-refractivity contribution in [2.24, 2.45) is 0 Å². The normalized spacial score (nSPS) is 10.8. The van der Waals surface area contributed by atoms with Gasteiger partial charge in [0.2, 0.25) is 0 Å². The van der Waals surface area contributed by atoms with E-state index in [1.807, 2.05) is 55.5 Å². The van der Waals surface area contributed by atoms with Crippen LogP contribution in [0.15, 0.2) is 66.9 Å². The third-order valence-electron chi connectivity index (χ3n) is 4.05. The van der Waals surface area contributed by atoms with Crippen LogP contribution in [0.2, 0.25) is 5.02 Å². The van der Waals surface area contributed by atoms with Crippen molar-refractivity contribution in [1.82, 2.24) is 14.5 Å². The monoisotopic (exact) mass is 362 g/mol. The number of amides is 1. The molecule has 2 heterocycles. The first-order chi connectivity index (χ1) is 12.6. The number of anilines is 1. The Morgan fingerprint density at radius 3 is 2.65 bits per heavy atom. The number of nitrogens with one attached hydrogen (secondary N) is 1. The molecule has 26 heavy (non-hydrogen) atoms. The first-order valence-electron chi connectivity index (χ1n) is 8.09. The van der Waals surface area contributed by atoms with E-state index in [9.17, 15) is 4.79 Å². The third-order valence-corrected chi connectivity index (χ3v) is 4.28. The predicted molar refractivity (Wildman–Crippen MR) is 103 cm³/mol. The van der Waals surface area contributed by atoms with Crippen LogP contribution in [0, 0.1) is 6.92 Å². The lowest BCUT2D eigenvalue weighted by atomic mass is 10.2. The molecular weight excluding hydrogens is 348 g/mol. The zero-order chi connectivity index (χ0) is 18.1. The minimum Gasteiger partial charge on any atom is -0.321 e. The largest absolute Gasteiger partial charge is 0.321 e. The highest BCUT2D eigenvalue weighted by Crippen LogP contribution is 2.24. The fourth-order valence-corrected chi connectivity index (χ4v) is 3.07. The number of imidazole rings is 1. The smallest absolute Gasteiger partial charge is 0.274 e. The van der Waals surface area contributed by atoms with Crippen molar-refractivity contribution < 1.29 is 4.79 Å². The van der Waals surface area contributed by atoms with E-state index >= 15 is 0 Å². The van der Waals surface area contributed by atoms with Crippen LogP contribution in [0.3, 0.4) is 0 Å². The highest BCUT2D eigenvalue weighted by atomic mass is 35.5. The van der Waals surface area contributed by atoms with E-state index in [0.717, 1.165) is 22.5 Å². The molecule has 6 heteroatoms. The van der Waals surface area contributed by atoms with Crippen molar-refractivity contribution in [1.29, 1.82) is 0 Å². The van der Waals surface area contributed by atoms with Crippen LogP contribution in [0.25, 0.3) is 16.7 Å². The lowest BCUT2D eigenvalue weighted by Gasteiger charge is -2.08. The molecule has 0 atom stereocenters. The average molecular weight is 363 g/mol. The van der Waals surface area contributed by atoms with Gasteiger partial charge in [0.1, 0.15) is 11.5 Å². The molecule has 0 aliphatic carbocycles. The van der Waals surface area contributed by atoms with Gasteiger partial charge in [0, 0.05) is 22.6 Å². The minimum absolute atomic E-state index is 0.267. The van der Waals surface area contributed by atoms with Gasteiger partial charge >= 0.3 is 0 Å².